The van der Waals surface area contributed by atoms with Crippen LogP contribution in [0.2, 0.25) is 0 Å². The molecule has 0 radical (unpaired) electrons. The topological polar surface area (TPSA) is 64.0 Å². The van der Waals surface area contributed by atoms with Crippen LogP contribution in [-0.4, -0.2) is 35.7 Å². The molecule has 0 bridgehead atoms. The molecule has 2 heterocycles. The summed E-state index contributed by atoms with van der Waals surface area (Å²) in [6.45, 7) is 2.80. The van der Waals surface area contributed by atoms with Gasteiger partial charge in [0.1, 0.15) is 0 Å². The molecule has 1 aromatic rings. The minimum absolute atomic E-state index is 0.206. The van der Waals surface area contributed by atoms with Crippen LogP contribution in [0.1, 0.15) is 31.7 Å². The van der Waals surface area contributed by atoms with Crippen molar-refractivity contribution in [3.8, 4) is 0 Å². The molecule has 100 valence electrons. The smallest absolute Gasteiger partial charge is 0.152 e. The number of nitrogens with one attached hydrogen (secondary N) is 1. The van der Waals surface area contributed by atoms with Crippen LogP contribution >= 0.6 is 0 Å². The van der Waals surface area contributed by atoms with E-state index >= 15 is 0 Å². The first-order chi connectivity index (χ1) is 8.47. The quantitative estimate of drug-likeness (QED) is 0.872. The second kappa shape index (κ2) is 4.06. The average Bonchev–Trinajstić information content (AvgIpc) is 2.91. The first kappa shape index (κ1) is 12.2. The van der Waals surface area contributed by atoms with E-state index in [1.54, 1.807) is 0 Å². The van der Waals surface area contributed by atoms with Gasteiger partial charge in [0.25, 0.3) is 0 Å². The van der Waals surface area contributed by atoms with Crippen LogP contribution in [0.4, 0.5) is 0 Å². The van der Waals surface area contributed by atoms with E-state index in [4.69, 9.17) is 0 Å². The van der Waals surface area contributed by atoms with Gasteiger partial charge in [-0.3, -0.25) is 4.68 Å². The molecule has 18 heavy (non-hydrogen) atoms. The van der Waals surface area contributed by atoms with Crippen LogP contribution in [-0.2, 0) is 21.9 Å². The first-order valence-electron chi connectivity index (χ1n) is 6.45. The second-order valence-corrected chi connectivity index (χ2v) is 7.97. The van der Waals surface area contributed by atoms with Crippen molar-refractivity contribution >= 4 is 9.84 Å². The Bertz CT molecular complexity index is 547. The summed E-state index contributed by atoms with van der Waals surface area (Å²) in [6.07, 6.45) is 7.02. The fraction of sp³-hybridized carbons (Fsp3) is 0.750. The highest BCUT2D eigenvalue weighted by Gasteiger charge is 2.40. The fourth-order valence-corrected chi connectivity index (χ4v) is 4.59. The van der Waals surface area contributed by atoms with Crippen molar-refractivity contribution in [2.75, 3.05) is 11.5 Å². The lowest BCUT2D eigenvalue weighted by Gasteiger charge is -2.22. The third kappa shape index (κ3) is 2.44. The lowest BCUT2D eigenvalue weighted by molar-refractivity contribution is 0.328. The number of hydrogen-bond acceptors (Lipinski definition) is 4. The molecular weight excluding hydrogens is 250 g/mol. The van der Waals surface area contributed by atoms with Crippen molar-refractivity contribution in [1.29, 1.82) is 0 Å². The van der Waals surface area contributed by atoms with Crippen LogP contribution in [0.5, 0.6) is 0 Å². The Balaban J connectivity index is 1.72. The third-order valence-electron chi connectivity index (χ3n) is 3.84. The summed E-state index contributed by atoms with van der Waals surface area (Å²) in [5.41, 5.74) is 0.767. The Hall–Kier alpha value is -0.880. The van der Waals surface area contributed by atoms with Gasteiger partial charge >= 0.3 is 0 Å². The average molecular weight is 269 g/mol. The number of hydrogen-bond donors (Lipinski definition) is 1. The molecule has 1 N–H and O–H groups in total. The maximum atomic E-state index is 11.6. The predicted molar refractivity (Wildman–Crippen MR) is 69.0 cm³/mol. The molecule has 5 nitrogen and oxygen atoms in total. The van der Waals surface area contributed by atoms with Crippen LogP contribution in [0.25, 0.3) is 0 Å². The summed E-state index contributed by atoms with van der Waals surface area (Å²) >= 11 is 0. The molecule has 2 aliphatic rings. The summed E-state index contributed by atoms with van der Waals surface area (Å²) in [5.74, 6) is 0.482. The number of nitrogens with zero attached hydrogens (tertiary/aromatic N) is 2. The maximum Gasteiger partial charge on any atom is 0.152 e. The number of rotatable bonds is 4. The highest BCUT2D eigenvalue weighted by atomic mass is 32.2. The van der Waals surface area contributed by atoms with Gasteiger partial charge in [-0.2, -0.15) is 5.10 Å². The molecule has 2 fully saturated rings. The molecule has 1 atom stereocenters. The van der Waals surface area contributed by atoms with Gasteiger partial charge in [-0.25, -0.2) is 8.42 Å². The molecule has 1 saturated carbocycles. The minimum Gasteiger partial charge on any atom is -0.310 e. The van der Waals surface area contributed by atoms with Crippen molar-refractivity contribution < 1.29 is 8.42 Å². The standard InChI is InChI=1S/C12H19N3O2S/c1-12(4-5-18(16,17)9-12)15-8-10(7-14-15)6-13-11-2-3-11/h7-8,11,13H,2-6,9H2,1H3. The molecule has 1 saturated heterocycles. The Morgan fingerprint density at radius 2 is 2.33 bits per heavy atom. The molecule has 0 spiro atoms. The highest BCUT2D eigenvalue weighted by Crippen LogP contribution is 2.30. The van der Waals surface area contributed by atoms with E-state index in [1.807, 2.05) is 24.0 Å². The Morgan fingerprint density at radius 1 is 1.56 bits per heavy atom. The summed E-state index contributed by atoms with van der Waals surface area (Å²) in [7, 11) is -2.88. The molecule has 1 unspecified atom stereocenters. The lowest BCUT2D eigenvalue weighted by atomic mass is 10.0. The summed E-state index contributed by atoms with van der Waals surface area (Å²) < 4.78 is 25.0. The van der Waals surface area contributed by atoms with Gasteiger partial charge in [0.15, 0.2) is 9.84 Å². The van der Waals surface area contributed by atoms with E-state index in [2.05, 4.69) is 10.4 Å². The Labute approximate surface area is 107 Å². The van der Waals surface area contributed by atoms with Gasteiger partial charge in [0.05, 0.1) is 23.2 Å². The molecular formula is C12H19N3O2S. The number of aromatic nitrogens is 2. The van der Waals surface area contributed by atoms with Gasteiger partial charge in [-0.15, -0.1) is 0 Å². The van der Waals surface area contributed by atoms with Crippen molar-refractivity contribution in [2.45, 2.75) is 44.3 Å². The normalized spacial score (nSPS) is 30.7. The van der Waals surface area contributed by atoms with Gasteiger partial charge in [0.2, 0.25) is 0 Å². The molecule has 0 aromatic carbocycles. The highest BCUT2D eigenvalue weighted by molar-refractivity contribution is 7.91. The SMILES string of the molecule is CC1(n2cc(CNC3CC3)cn2)CCS(=O)(=O)C1. The molecule has 1 aromatic heterocycles. The fourth-order valence-electron chi connectivity index (χ4n) is 2.47. The van der Waals surface area contributed by atoms with Crippen LogP contribution in [0.15, 0.2) is 12.4 Å². The van der Waals surface area contributed by atoms with E-state index in [-0.39, 0.29) is 17.0 Å². The van der Waals surface area contributed by atoms with Crippen molar-refractivity contribution in [1.82, 2.24) is 15.1 Å². The van der Waals surface area contributed by atoms with E-state index in [9.17, 15) is 8.42 Å². The van der Waals surface area contributed by atoms with Gasteiger partial charge < -0.3 is 5.32 Å². The predicted octanol–water partition coefficient (Wildman–Crippen LogP) is 0.669. The third-order valence-corrected chi connectivity index (χ3v) is 5.73. The minimum atomic E-state index is -2.88. The summed E-state index contributed by atoms with van der Waals surface area (Å²) in [6, 6.07) is 0.677. The van der Waals surface area contributed by atoms with Crippen LogP contribution in [0, 0.1) is 0 Å². The zero-order valence-corrected chi connectivity index (χ0v) is 11.4. The molecule has 6 heteroatoms. The number of sulfone groups is 1. The van der Waals surface area contributed by atoms with Crippen molar-refractivity contribution in [3.05, 3.63) is 18.0 Å². The zero-order chi connectivity index (χ0) is 12.8. The van der Waals surface area contributed by atoms with Gasteiger partial charge in [0, 0.05) is 24.3 Å². The largest absolute Gasteiger partial charge is 0.310 e. The van der Waals surface area contributed by atoms with Gasteiger partial charge in [-0.05, 0) is 26.2 Å². The van der Waals surface area contributed by atoms with Crippen molar-refractivity contribution in [2.24, 2.45) is 0 Å². The summed E-state index contributed by atoms with van der Waals surface area (Å²) in [5, 5.41) is 7.78. The van der Waals surface area contributed by atoms with E-state index in [0.29, 0.717) is 12.5 Å². The molecule has 1 aliphatic heterocycles. The van der Waals surface area contributed by atoms with E-state index < -0.39 is 9.84 Å². The van der Waals surface area contributed by atoms with E-state index in [0.717, 1.165) is 12.1 Å². The second-order valence-electron chi connectivity index (χ2n) is 5.79. The molecule has 3 rings (SSSR count). The van der Waals surface area contributed by atoms with Gasteiger partial charge in [-0.1, -0.05) is 0 Å². The van der Waals surface area contributed by atoms with Crippen molar-refractivity contribution in [3.63, 3.8) is 0 Å². The Morgan fingerprint density at radius 3 is 2.94 bits per heavy atom. The Kier molecular flexibility index (Phi) is 2.75. The zero-order valence-electron chi connectivity index (χ0n) is 10.6. The molecule has 1 aliphatic carbocycles. The maximum absolute atomic E-state index is 11.6. The lowest BCUT2D eigenvalue weighted by Crippen LogP contribution is -2.31. The van der Waals surface area contributed by atoms with E-state index in [1.165, 1.54) is 12.8 Å². The first-order valence-corrected chi connectivity index (χ1v) is 8.27. The van der Waals surface area contributed by atoms with Crippen LogP contribution < -0.4 is 5.32 Å². The van der Waals surface area contributed by atoms with Crippen LogP contribution in [0.3, 0.4) is 0 Å². The monoisotopic (exact) mass is 269 g/mol. The molecule has 0 amide bonds. The summed E-state index contributed by atoms with van der Waals surface area (Å²) in [4.78, 5) is 0.